The second kappa shape index (κ2) is 5.84. The molecule has 0 aromatic carbocycles. The number of carboxylic acids is 1. The Labute approximate surface area is 95.6 Å². The molecule has 92 valence electrons. The Kier molecular flexibility index (Phi) is 4.73. The monoisotopic (exact) mass is 228 g/mol. The van der Waals surface area contributed by atoms with E-state index in [1.54, 1.807) is 4.90 Å². The van der Waals surface area contributed by atoms with Crippen molar-refractivity contribution < 1.29 is 14.7 Å². The van der Waals surface area contributed by atoms with Gasteiger partial charge in [0.1, 0.15) is 0 Å². The molecule has 3 N–H and O–H groups in total. The fourth-order valence-corrected chi connectivity index (χ4v) is 1.87. The number of nitrogens with zero attached hydrogens (tertiary/aromatic N) is 1. The van der Waals surface area contributed by atoms with Crippen LogP contribution in [-0.4, -0.2) is 41.0 Å². The Hall–Kier alpha value is -1.10. The second-order valence-electron chi connectivity index (χ2n) is 4.38. The molecule has 0 heterocycles. The Morgan fingerprint density at radius 2 is 2.12 bits per heavy atom. The minimum atomic E-state index is -1.03. The zero-order valence-corrected chi connectivity index (χ0v) is 9.69. The Bertz CT molecular complexity index is 264. The summed E-state index contributed by atoms with van der Waals surface area (Å²) in [5.41, 5.74) is 5.56. The first-order chi connectivity index (χ1) is 7.54. The molecule has 0 bridgehead atoms. The number of hydrogen-bond acceptors (Lipinski definition) is 3. The van der Waals surface area contributed by atoms with Gasteiger partial charge in [-0.1, -0.05) is 6.42 Å². The van der Waals surface area contributed by atoms with Gasteiger partial charge in [0.15, 0.2) is 0 Å². The summed E-state index contributed by atoms with van der Waals surface area (Å²) < 4.78 is 0. The van der Waals surface area contributed by atoms with Gasteiger partial charge in [0, 0.05) is 13.1 Å². The van der Waals surface area contributed by atoms with E-state index in [1.165, 1.54) is 6.42 Å². The fraction of sp³-hybridized carbons (Fsp3) is 0.818. The van der Waals surface area contributed by atoms with Gasteiger partial charge in [0.05, 0.1) is 12.5 Å². The molecule has 0 spiro atoms. The summed E-state index contributed by atoms with van der Waals surface area (Å²) in [6.07, 6.45) is 3.27. The van der Waals surface area contributed by atoms with Gasteiger partial charge in [-0.25, -0.2) is 0 Å². The van der Waals surface area contributed by atoms with Crippen LogP contribution >= 0.6 is 0 Å². The van der Waals surface area contributed by atoms with Crippen LogP contribution in [0.15, 0.2) is 0 Å². The van der Waals surface area contributed by atoms with Crippen LogP contribution in [0.5, 0.6) is 0 Å². The van der Waals surface area contributed by atoms with E-state index in [0.717, 1.165) is 19.4 Å². The van der Waals surface area contributed by atoms with Crippen LogP contribution < -0.4 is 5.73 Å². The molecule has 0 saturated heterocycles. The van der Waals surface area contributed by atoms with Crippen molar-refractivity contribution in [1.29, 1.82) is 0 Å². The maximum Gasteiger partial charge on any atom is 0.305 e. The molecular weight excluding hydrogens is 208 g/mol. The Morgan fingerprint density at radius 3 is 2.50 bits per heavy atom. The Balaban J connectivity index is 2.43. The summed E-state index contributed by atoms with van der Waals surface area (Å²) in [5, 5.41) is 8.58. The number of carbonyl (C=O) groups excluding carboxylic acids is 1. The van der Waals surface area contributed by atoms with Gasteiger partial charge in [-0.2, -0.15) is 0 Å². The largest absolute Gasteiger partial charge is 0.481 e. The van der Waals surface area contributed by atoms with Crippen molar-refractivity contribution in [2.75, 3.05) is 13.1 Å². The summed E-state index contributed by atoms with van der Waals surface area (Å²) >= 11 is 0. The summed E-state index contributed by atoms with van der Waals surface area (Å²) in [6.45, 7) is 3.22. The van der Waals surface area contributed by atoms with E-state index in [9.17, 15) is 9.59 Å². The molecule has 1 aliphatic rings. The highest BCUT2D eigenvalue weighted by atomic mass is 16.4. The third-order valence-corrected chi connectivity index (χ3v) is 3.11. The minimum Gasteiger partial charge on any atom is -0.481 e. The number of amides is 1. The number of rotatable bonds is 6. The highest BCUT2D eigenvalue weighted by Crippen LogP contribution is 2.27. The van der Waals surface area contributed by atoms with Gasteiger partial charge in [-0.05, 0) is 25.7 Å². The molecule has 1 saturated carbocycles. The molecule has 1 atom stereocenters. The standard InChI is InChI=1S/C11H20N2O3/c1-2-13(7-8-4-3-5-8)11(16)9(12)6-10(14)15/h8-9H,2-7,12H2,1H3,(H,14,15). The molecule has 0 aromatic rings. The topological polar surface area (TPSA) is 83.6 Å². The average Bonchev–Trinajstić information content (AvgIpc) is 2.14. The number of carboxylic acid groups (broad SMARTS) is 1. The Morgan fingerprint density at radius 1 is 1.50 bits per heavy atom. The van der Waals surface area contributed by atoms with Gasteiger partial charge in [0.2, 0.25) is 5.91 Å². The van der Waals surface area contributed by atoms with E-state index in [-0.39, 0.29) is 12.3 Å². The predicted octanol–water partition coefficient (Wildman–Crippen LogP) is 0.437. The first kappa shape index (κ1) is 13.0. The van der Waals surface area contributed by atoms with Gasteiger partial charge < -0.3 is 15.7 Å². The van der Waals surface area contributed by atoms with Gasteiger partial charge in [-0.3, -0.25) is 9.59 Å². The molecule has 0 aliphatic heterocycles. The fourth-order valence-electron chi connectivity index (χ4n) is 1.87. The lowest BCUT2D eigenvalue weighted by molar-refractivity contribution is -0.142. The number of carbonyl (C=O) groups is 2. The number of nitrogens with two attached hydrogens (primary N) is 1. The van der Waals surface area contributed by atoms with E-state index in [1.807, 2.05) is 6.92 Å². The van der Waals surface area contributed by atoms with Crippen LogP contribution in [0.4, 0.5) is 0 Å². The highest BCUT2D eigenvalue weighted by Gasteiger charge is 2.26. The minimum absolute atomic E-state index is 0.239. The molecule has 1 rings (SSSR count). The van der Waals surface area contributed by atoms with Crippen molar-refractivity contribution in [1.82, 2.24) is 4.90 Å². The molecule has 1 amide bonds. The van der Waals surface area contributed by atoms with E-state index in [0.29, 0.717) is 12.5 Å². The van der Waals surface area contributed by atoms with Crippen molar-refractivity contribution in [3.8, 4) is 0 Å². The molecule has 16 heavy (non-hydrogen) atoms. The molecule has 1 fully saturated rings. The van der Waals surface area contributed by atoms with E-state index >= 15 is 0 Å². The van der Waals surface area contributed by atoms with Crippen LogP contribution in [0.3, 0.4) is 0 Å². The summed E-state index contributed by atoms with van der Waals surface area (Å²) in [5.74, 6) is -0.682. The smallest absolute Gasteiger partial charge is 0.305 e. The SMILES string of the molecule is CCN(CC1CCC1)C(=O)C(N)CC(=O)O. The van der Waals surface area contributed by atoms with Gasteiger partial charge >= 0.3 is 5.97 Å². The number of likely N-dealkylation sites (N-methyl/N-ethyl adjacent to an activating group) is 1. The predicted molar refractivity (Wildman–Crippen MR) is 59.8 cm³/mol. The van der Waals surface area contributed by atoms with Crippen LogP contribution in [0.25, 0.3) is 0 Å². The molecule has 0 aromatic heterocycles. The summed E-state index contributed by atoms with van der Waals surface area (Å²) in [4.78, 5) is 24.0. The van der Waals surface area contributed by atoms with Gasteiger partial charge in [0.25, 0.3) is 0 Å². The van der Waals surface area contributed by atoms with E-state index < -0.39 is 12.0 Å². The molecule has 1 unspecified atom stereocenters. The van der Waals surface area contributed by atoms with Crippen LogP contribution in [-0.2, 0) is 9.59 Å². The van der Waals surface area contributed by atoms with Crippen LogP contribution in [0, 0.1) is 5.92 Å². The summed E-state index contributed by atoms with van der Waals surface area (Å²) in [6, 6.07) is -0.905. The maximum atomic E-state index is 11.8. The lowest BCUT2D eigenvalue weighted by Crippen LogP contribution is -2.47. The quantitative estimate of drug-likeness (QED) is 0.691. The number of aliphatic carboxylic acids is 1. The molecule has 5 heteroatoms. The third kappa shape index (κ3) is 3.48. The molecule has 1 aliphatic carbocycles. The van der Waals surface area contributed by atoms with Crippen molar-refractivity contribution >= 4 is 11.9 Å². The van der Waals surface area contributed by atoms with Crippen molar-refractivity contribution in [3.63, 3.8) is 0 Å². The highest BCUT2D eigenvalue weighted by molar-refractivity contribution is 5.85. The van der Waals surface area contributed by atoms with Crippen molar-refractivity contribution in [2.24, 2.45) is 11.7 Å². The van der Waals surface area contributed by atoms with Crippen LogP contribution in [0.1, 0.15) is 32.6 Å². The maximum absolute atomic E-state index is 11.8. The zero-order chi connectivity index (χ0) is 12.1. The second-order valence-corrected chi connectivity index (χ2v) is 4.38. The van der Waals surface area contributed by atoms with Crippen molar-refractivity contribution in [2.45, 2.75) is 38.6 Å². The lowest BCUT2D eigenvalue weighted by Gasteiger charge is -2.32. The average molecular weight is 228 g/mol. The first-order valence-electron chi connectivity index (χ1n) is 5.80. The number of hydrogen-bond donors (Lipinski definition) is 2. The third-order valence-electron chi connectivity index (χ3n) is 3.11. The zero-order valence-electron chi connectivity index (χ0n) is 9.69. The van der Waals surface area contributed by atoms with Gasteiger partial charge in [-0.15, -0.1) is 0 Å². The first-order valence-corrected chi connectivity index (χ1v) is 5.80. The van der Waals surface area contributed by atoms with E-state index in [4.69, 9.17) is 10.8 Å². The normalized spacial score (nSPS) is 17.6. The molecule has 0 radical (unpaired) electrons. The van der Waals surface area contributed by atoms with E-state index in [2.05, 4.69) is 0 Å². The van der Waals surface area contributed by atoms with Crippen molar-refractivity contribution in [3.05, 3.63) is 0 Å². The molecular formula is C11H20N2O3. The summed E-state index contributed by atoms with van der Waals surface area (Å²) in [7, 11) is 0. The molecule has 5 nitrogen and oxygen atoms in total. The van der Waals surface area contributed by atoms with Crippen LogP contribution in [0.2, 0.25) is 0 Å². The lowest BCUT2D eigenvalue weighted by atomic mass is 9.85.